The molecule has 0 spiro atoms. The molecule has 2 aliphatic heterocycles. The highest BCUT2D eigenvalue weighted by Crippen LogP contribution is 2.36. The number of anilines is 2. The van der Waals surface area contributed by atoms with Gasteiger partial charge in [0, 0.05) is 25.9 Å². The summed E-state index contributed by atoms with van der Waals surface area (Å²) in [6.07, 6.45) is -1.22. The topological polar surface area (TPSA) is 63.1 Å². The van der Waals surface area contributed by atoms with Gasteiger partial charge in [-0.05, 0) is 38.0 Å². The van der Waals surface area contributed by atoms with E-state index in [9.17, 15) is 22.8 Å². The second-order valence-electron chi connectivity index (χ2n) is 7.93. The molecule has 0 saturated carbocycles. The first-order chi connectivity index (χ1) is 14.3. The van der Waals surface area contributed by atoms with Crippen molar-refractivity contribution in [1.29, 1.82) is 0 Å². The lowest BCUT2D eigenvalue weighted by Gasteiger charge is -2.28. The predicted molar refractivity (Wildman–Crippen MR) is 106 cm³/mol. The fourth-order valence-corrected chi connectivity index (χ4v) is 4.17. The van der Waals surface area contributed by atoms with Crippen molar-refractivity contribution in [1.82, 2.24) is 0 Å². The largest absolute Gasteiger partial charge is 0.466 e. The summed E-state index contributed by atoms with van der Waals surface area (Å²) < 4.78 is 44.6. The molecule has 0 aliphatic carbocycles. The number of likely N-dealkylation sites (tertiary alicyclic amines) is 1. The molecule has 1 amide bonds. The van der Waals surface area contributed by atoms with E-state index in [1.165, 1.54) is 6.07 Å². The van der Waals surface area contributed by atoms with Crippen molar-refractivity contribution in [3.05, 3.63) is 23.8 Å². The monoisotopic (exact) mass is 428 g/mol. The van der Waals surface area contributed by atoms with Gasteiger partial charge in [-0.15, -0.1) is 0 Å². The first-order valence-electron chi connectivity index (χ1n) is 10.5. The van der Waals surface area contributed by atoms with Crippen molar-refractivity contribution < 1.29 is 32.4 Å². The van der Waals surface area contributed by atoms with E-state index in [0.717, 1.165) is 43.0 Å². The van der Waals surface area contributed by atoms with Crippen LogP contribution in [-0.2, 0) is 20.5 Å². The van der Waals surface area contributed by atoms with Crippen LogP contribution < -0.4 is 15.1 Å². The van der Waals surface area contributed by atoms with Gasteiger partial charge >= 0.3 is 12.1 Å². The number of piperidine rings is 1. The van der Waals surface area contributed by atoms with E-state index in [1.807, 2.05) is 4.90 Å². The molecule has 3 rings (SSSR count). The van der Waals surface area contributed by atoms with Gasteiger partial charge in [-0.3, -0.25) is 9.59 Å². The fourth-order valence-electron chi connectivity index (χ4n) is 4.17. The van der Waals surface area contributed by atoms with Crippen LogP contribution in [-0.4, -0.2) is 51.2 Å². The predicted octanol–water partition coefficient (Wildman–Crippen LogP) is 2.10. The highest BCUT2D eigenvalue weighted by atomic mass is 19.4. The molecular weight excluding hydrogens is 399 g/mol. The normalized spacial score (nSPS) is 22.1. The number of alkyl halides is 3. The molecule has 0 radical (unpaired) electrons. The molecule has 2 aliphatic rings. The third kappa shape index (κ3) is 5.65. The van der Waals surface area contributed by atoms with E-state index >= 15 is 0 Å². The second kappa shape index (κ2) is 9.68. The fraction of sp³-hybridized carbons (Fsp3) is 0.619. The molecule has 0 unspecified atom stereocenters. The molecule has 0 atom stereocenters. The number of hydrogen-bond donors (Lipinski definition) is 2. The molecule has 0 aromatic heterocycles. The SMILES string of the molecule is CCOC(=O)C1CC[NH+](CC(=O)Nc2cc(C(F)(F)F)ccc2N2CCCC2)CC1. The molecule has 30 heavy (non-hydrogen) atoms. The molecule has 166 valence electrons. The summed E-state index contributed by atoms with van der Waals surface area (Å²) >= 11 is 0. The minimum absolute atomic E-state index is 0.137. The molecular formula is C21H29F3N3O3+. The number of quaternary nitrogens is 1. The number of carbonyl (C=O) groups is 2. The van der Waals surface area contributed by atoms with Crippen molar-refractivity contribution in [3.63, 3.8) is 0 Å². The standard InChI is InChI=1S/C21H28F3N3O3/c1-2-30-20(29)15-7-11-26(12-8-15)14-19(28)25-17-13-16(21(22,23)24)5-6-18(17)27-9-3-4-10-27/h5-6,13,15H,2-4,7-12,14H2,1H3,(H,25,28)/p+1. The minimum Gasteiger partial charge on any atom is -0.466 e. The van der Waals surface area contributed by atoms with E-state index in [4.69, 9.17) is 4.74 Å². The van der Waals surface area contributed by atoms with Crippen molar-refractivity contribution in [2.45, 2.75) is 38.8 Å². The summed E-state index contributed by atoms with van der Waals surface area (Å²) in [4.78, 5) is 27.5. The van der Waals surface area contributed by atoms with Crippen LogP contribution >= 0.6 is 0 Å². The van der Waals surface area contributed by atoms with Gasteiger partial charge < -0.3 is 19.9 Å². The smallest absolute Gasteiger partial charge is 0.416 e. The summed E-state index contributed by atoms with van der Waals surface area (Å²) in [7, 11) is 0. The molecule has 2 N–H and O–H groups in total. The van der Waals surface area contributed by atoms with Crippen LogP contribution in [0.2, 0.25) is 0 Å². The average Bonchev–Trinajstić information content (AvgIpc) is 3.22. The maximum absolute atomic E-state index is 13.2. The summed E-state index contributed by atoms with van der Waals surface area (Å²) in [6, 6.07) is 3.53. The van der Waals surface area contributed by atoms with E-state index in [0.29, 0.717) is 38.2 Å². The Morgan fingerprint density at radius 1 is 1.20 bits per heavy atom. The van der Waals surface area contributed by atoms with Crippen LogP contribution in [0.15, 0.2) is 18.2 Å². The number of rotatable bonds is 6. The van der Waals surface area contributed by atoms with E-state index in [-0.39, 0.29) is 30.0 Å². The highest BCUT2D eigenvalue weighted by Gasteiger charge is 2.33. The van der Waals surface area contributed by atoms with Gasteiger partial charge in [-0.25, -0.2) is 0 Å². The summed E-state index contributed by atoms with van der Waals surface area (Å²) in [5.74, 6) is -0.651. The Bertz CT molecular complexity index is 756. The number of halogens is 3. The van der Waals surface area contributed by atoms with E-state index in [1.54, 1.807) is 6.92 Å². The third-order valence-electron chi connectivity index (χ3n) is 5.77. The molecule has 1 aromatic carbocycles. The molecule has 1 aromatic rings. The third-order valence-corrected chi connectivity index (χ3v) is 5.77. The number of nitrogens with zero attached hydrogens (tertiary/aromatic N) is 1. The zero-order valence-electron chi connectivity index (χ0n) is 17.2. The Labute approximate surface area is 174 Å². The van der Waals surface area contributed by atoms with Crippen LogP contribution in [0.25, 0.3) is 0 Å². The van der Waals surface area contributed by atoms with Gasteiger partial charge in [0.25, 0.3) is 5.91 Å². The Morgan fingerprint density at radius 3 is 2.47 bits per heavy atom. The van der Waals surface area contributed by atoms with Gasteiger partial charge in [0.05, 0.1) is 42.6 Å². The van der Waals surface area contributed by atoms with E-state index in [2.05, 4.69) is 5.32 Å². The Hall–Kier alpha value is -2.29. The quantitative estimate of drug-likeness (QED) is 0.682. The van der Waals surface area contributed by atoms with E-state index < -0.39 is 11.7 Å². The Morgan fingerprint density at radius 2 is 1.87 bits per heavy atom. The van der Waals surface area contributed by atoms with Crippen molar-refractivity contribution in [2.75, 3.05) is 49.5 Å². The van der Waals surface area contributed by atoms with Crippen LogP contribution in [0.4, 0.5) is 24.5 Å². The molecule has 2 fully saturated rings. The number of carbonyl (C=O) groups excluding carboxylic acids is 2. The van der Waals surface area contributed by atoms with Gasteiger partial charge in [-0.2, -0.15) is 13.2 Å². The average molecular weight is 428 g/mol. The summed E-state index contributed by atoms with van der Waals surface area (Å²) in [6.45, 7) is 5.11. The number of amides is 1. The first-order valence-corrected chi connectivity index (χ1v) is 10.5. The molecule has 2 heterocycles. The highest BCUT2D eigenvalue weighted by molar-refractivity contribution is 5.95. The second-order valence-corrected chi connectivity index (χ2v) is 7.93. The zero-order valence-corrected chi connectivity index (χ0v) is 17.2. The lowest BCUT2D eigenvalue weighted by Crippen LogP contribution is -3.14. The number of hydrogen-bond acceptors (Lipinski definition) is 4. The lowest BCUT2D eigenvalue weighted by molar-refractivity contribution is -0.897. The summed E-state index contributed by atoms with van der Waals surface area (Å²) in [5.41, 5.74) is 0.0609. The zero-order chi connectivity index (χ0) is 21.7. The van der Waals surface area contributed by atoms with Crippen molar-refractivity contribution >= 4 is 23.3 Å². The van der Waals surface area contributed by atoms with Gasteiger partial charge in [0.15, 0.2) is 6.54 Å². The van der Waals surface area contributed by atoms with Crippen LogP contribution in [0.5, 0.6) is 0 Å². The van der Waals surface area contributed by atoms with Crippen LogP contribution in [0, 0.1) is 5.92 Å². The maximum atomic E-state index is 13.2. The minimum atomic E-state index is -4.47. The number of benzene rings is 1. The maximum Gasteiger partial charge on any atom is 0.416 e. The lowest BCUT2D eigenvalue weighted by atomic mass is 9.97. The molecule has 6 nitrogen and oxygen atoms in total. The molecule has 2 saturated heterocycles. The summed E-state index contributed by atoms with van der Waals surface area (Å²) in [5, 5.41) is 2.71. The van der Waals surface area contributed by atoms with Gasteiger partial charge in [0.2, 0.25) is 0 Å². The molecule has 9 heteroatoms. The van der Waals surface area contributed by atoms with Crippen LogP contribution in [0.3, 0.4) is 0 Å². The van der Waals surface area contributed by atoms with Crippen LogP contribution in [0.1, 0.15) is 38.2 Å². The number of ether oxygens (including phenoxy) is 1. The van der Waals surface area contributed by atoms with Gasteiger partial charge in [-0.1, -0.05) is 0 Å². The number of esters is 1. The Kier molecular flexibility index (Phi) is 7.23. The Balaban J connectivity index is 1.63. The van der Waals surface area contributed by atoms with Gasteiger partial charge in [0.1, 0.15) is 0 Å². The van der Waals surface area contributed by atoms with Crippen molar-refractivity contribution in [2.24, 2.45) is 5.92 Å². The molecule has 0 bridgehead atoms. The van der Waals surface area contributed by atoms with Crippen molar-refractivity contribution in [3.8, 4) is 0 Å². The first kappa shape index (κ1) is 22.4. The number of nitrogens with one attached hydrogen (secondary N) is 2.